The van der Waals surface area contributed by atoms with Crippen molar-refractivity contribution in [3.63, 3.8) is 0 Å². The first kappa shape index (κ1) is 15.0. The number of nitrogens with zero attached hydrogens (tertiary/aromatic N) is 1. The van der Waals surface area contributed by atoms with Gasteiger partial charge in [0, 0.05) is 6.20 Å². The van der Waals surface area contributed by atoms with Crippen LogP contribution in [0.1, 0.15) is 36.8 Å². The lowest BCUT2D eigenvalue weighted by molar-refractivity contribution is -0.121. The van der Waals surface area contributed by atoms with Crippen LogP contribution < -0.4 is 5.32 Å². The third kappa shape index (κ3) is 2.86. The van der Waals surface area contributed by atoms with Gasteiger partial charge in [0.05, 0.1) is 10.4 Å². The molecule has 1 amide bonds. The topological polar surface area (TPSA) is 42.0 Å². The molecule has 3 nitrogen and oxygen atoms in total. The fourth-order valence-corrected chi connectivity index (χ4v) is 3.30. The highest BCUT2D eigenvalue weighted by atomic mass is 35.5. The maximum absolute atomic E-state index is 12.9. The van der Waals surface area contributed by atoms with Gasteiger partial charge < -0.3 is 5.32 Å². The number of aryl methyl sites for hydroxylation is 1. The van der Waals surface area contributed by atoms with Gasteiger partial charge in [0.2, 0.25) is 5.91 Å². The Labute approximate surface area is 135 Å². The largest absolute Gasteiger partial charge is 0.310 e. The number of carbonyl (C=O) groups excluding carboxylic acids is 1. The summed E-state index contributed by atoms with van der Waals surface area (Å²) in [4.78, 5) is 17.1. The molecule has 1 saturated carbocycles. The number of hydrogen-bond acceptors (Lipinski definition) is 2. The molecule has 1 aliphatic rings. The highest BCUT2D eigenvalue weighted by Gasteiger charge is 2.42. The van der Waals surface area contributed by atoms with E-state index in [0.717, 1.165) is 31.2 Å². The van der Waals surface area contributed by atoms with Crippen molar-refractivity contribution in [3.05, 3.63) is 58.7 Å². The fraction of sp³-hybridized carbons (Fsp3) is 0.333. The van der Waals surface area contributed by atoms with Gasteiger partial charge in [0.15, 0.2) is 0 Å². The molecule has 0 unspecified atom stereocenters. The summed E-state index contributed by atoms with van der Waals surface area (Å²) in [5, 5.41) is 3.52. The molecule has 0 bridgehead atoms. The van der Waals surface area contributed by atoms with Crippen LogP contribution in [0.4, 0.5) is 5.82 Å². The normalized spacial score (nSPS) is 16.5. The summed E-state index contributed by atoms with van der Waals surface area (Å²) in [6.45, 7) is 2.06. The Balaban J connectivity index is 1.88. The molecule has 1 aliphatic carbocycles. The van der Waals surface area contributed by atoms with E-state index in [1.807, 2.05) is 0 Å². The molecule has 22 heavy (non-hydrogen) atoms. The number of benzene rings is 1. The van der Waals surface area contributed by atoms with Gasteiger partial charge in [-0.25, -0.2) is 4.98 Å². The zero-order valence-electron chi connectivity index (χ0n) is 12.6. The molecule has 1 heterocycles. The van der Waals surface area contributed by atoms with E-state index in [1.165, 1.54) is 5.56 Å². The number of nitrogens with one attached hydrogen (secondary N) is 1. The van der Waals surface area contributed by atoms with Gasteiger partial charge in [-0.15, -0.1) is 0 Å². The second-order valence-corrected chi connectivity index (χ2v) is 6.41. The summed E-state index contributed by atoms with van der Waals surface area (Å²) in [7, 11) is 0. The Morgan fingerprint density at radius 1 is 1.14 bits per heavy atom. The predicted molar refractivity (Wildman–Crippen MR) is 89.2 cm³/mol. The van der Waals surface area contributed by atoms with E-state index in [1.54, 1.807) is 18.3 Å². The monoisotopic (exact) mass is 314 g/mol. The SMILES string of the molecule is Cc1ccc(C2(C(=O)Nc3ccc(Cl)cn3)CCCC2)cc1. The summed E-state index contributed by atoms with van der Waals surface area (Å²) in [6, 6.07) is 11.8. The number of hydrogen-bond donors (Lipinski definition) is 1. The summed E-state index contributed by atoms with van der Waals surface area (Å²) >= 11 is 5.84. The minimum atomic E-state index is -0.435. The van der Waals surface area contributed by atoms with Crippen molar-refractivity contribution in [2.45, 2.75) is 38.0 Å². The third-order valence-corrected chi connectivity index (χ3v) is 4.69. The Morgan fingerprint density at radius 2 is 1.82 bits per heavy atom. The van der Waals surface area contributed by atoms with E-state index in [9.17, 15) is 4.79 Å². The molecule has 2 aromatic rings. The lowest BCUT2D eigenvalue weighted by atomic mass is 9.77. The molecule has 0 radical (unpaired) electrons. The van der Waals surface area contributed by atoms with Crippen LogP contribution in [0.3, 0.4) is 0 Å². The molecule has 4 heteroatoms. The smallest absolute Gasteiger partial charge is 0.236 e. The molecular weight excluding hydrogens is 296 g/mol. The van der Waals surface area contributed by atoms with Crippen molar-refractivity contribution in [1.82, 2.24) is 4.98 Å². The summed E-state index contributed by atoms with van der Waals surface area (Å²) < 4.78 is 0. The molecule has 0 spiro atoms. The molecule has 0 atom stereocenters. The lowest BCUT2D eigenvalue weighted by Gasteiger charge is -2.28. The number of rotatable bonds is 3. The number of anilines is 1. The molecule has 1 N–H and O–H groups in total. The van der Waals surface area contributed by atoms with E-state index < -0.39 is 5.41 Å². The maximum atomic E-state index is 12.9. The van der Waals surface area contributed by atoms with E-state index in [0.29, 0.717) is 10.8 Å². The number of aromatic nitrogens is 1. The fourth-order valence-electron chi connectivity index (χ4n) is 3.18. The zero-order chi connectivity index (χ0) is 15.6. The van der Waals surface area contributed by atoms with Gasteiger partial charge >= 0.3 is 0 Å². The van der Waals surface area contributed by atoms with Crippen molar-refractivity contribution in [2.75, 3.05) is 5.32 Å². The summed E-state index contributed by atoms with van der Waals surface area (Å²) in [5.74, 6) is 0.580. The second kappa shape index (κ2) is 6.09. The molecule has 1 fully saturated rings. The lowest BCUT2D eigenvalue weighted by Crippen LogP contribution is -2.38. The van der Waals surface area contributed by atoms with E-state index in [2.05, 4.69) is 41.5 Å². The second-order valence-electron chi connectivity index (χ2n) is 5.97. The van der Waals surface area contributed by atoms with Crippen LogP contribution in [-0.2, 0) is 10.2 Å². The number of amides is 1. The van der Waals surface area contributed by atoms with Gasteiger partial charge in [-0.1, -0.05) is 54.3 Å². The molecule has 1 aromatic carbocycles. The van der Waals surface area contributed by atoms with Crippen molar-refractivity contribution >= 4 is 23.3 Å². The van der Waals surface area contributed by atoms with Crippen LogP contribution in [0.2, 0.25) is 5.02 Å². The van der Waals surface area contributed by atoms with Crippen LogP contribution in [0, 0.1) is 6.92 Å². The first-order valence-electron chi connectivity index (χ1n) is 7.60. The highest BCUT2D eigenvalue weighted by molar-refractivity contribution is 6.30. The van der Waals surface area contributed by atoms with Crippen molar-refractivity contribution in [1.29, 1.82) is 0 Å². The van der Waals surface area contributed by atoms with Crippen LogP contribution in [0.5, 0.6) is 0 Å². The van der Waals surface area contributed by atoms with Crippen molar-refractivity contribution in [2.24, 2.45) is 0 Å². The first-order chi connectivity index (χ1) is 10.6. The van der Waals surface area contributed by atoms with Gasteiger partial charge in [-0.2, -0.15) is 0 Å². The van der Waals surface area contributed by atoms with Gasteiger partial charge in [-0.3, -0.25) is 4.79 Å². The Kier molecular flexibility index (Phi) is 4.16. The average Bonchev–Trinajstić information content (AvgIpc) is 3.01. The predicted octanol–water partition coefficient (Wildman–Crippen LogP) is 4.49. The van der Waals surface area contributed by atoms with Gasteiger partial charge in [-0.05, 0) is 37.5 Å². The Bertz CT molecular complexity index is 658. The summed E-state index contributed by atoms with van der Waals surface area (Å²) in [5.41, 5.74) is 1.87. The molecular formula is C18H19ClN2O. The zero-order valence-corrected chi connectivity index (χ0v) is 13.4. The Morgan fingerprint density at radius 3 is 2.41 bits per heavy atom. The molecule has 3 rings (SSSR count). The Hall–Kier alpha value is -1.87. The minimum absolute atomic E-state index is 0.0312. The standard InChI is InChI=1S/C18H19ClN2O/c1-13-4-6-14(7-5-13)18(10-2-3-11-18)17(22)21-16-9-8-15(19)12-20-16/h4-9,12H,2-3,10-11H2,1H3,(H,20,21,22). The van der Waals surface area contributed by atoms with Crippen LogP contribution in [0.15, 0.2) is 42.6 Å². The molecule has 0 saturated heterocycles. The van der Waals surface area contributed by atoms with Crippen LogP contribution >= 0.6 is 11.6 Å². The minimum Gasteiger partial charge on any atom is -0.310 e. The first-order valence-corrected chi connectivity index (χ1v) is 7.98. The molecule has 0 aliphatic heterocycles. The van der Waals surface area contributed by atoms with E-state index in [-0.39, 0.29) is 5.91 Å². The summed E-state index contributed by atoms with van der Waals surface area (Å²) in [6.07, 6.45) is 5.47. The number of carbonyl (C=O) groups is 1. The van der Waals surface area contributed by atoms with E-state index >= 15 is 0 Å². The van der Waals surface area contributed by atoms with Crippen LogP contribution in [0.25, 0.3) is 0 Å². The van der Waals surface area contributed by atoms with Gasteiger partial charge in [0.1, 0.15) is 5.82 Å². The molecule has 114 valence electrons. The quantitative estimate of drug-likeness (QED) is 0.906. The van der Waals surface area contributed by atoms with Gasteiger partial charge in [0.25, 0.3) is 0 Å². The average molecular weight is 315 g/mol. The van der Waals surface area contributed by atoms with Crippen molar-refractivity contribution < 1.29 is 4.79 Å². The molecule has 1 aromatic heterocycles. The van der Waals surface area contributed by atoms with Crippen molar-refractivity contribution in [3.8, 4) is 0 Å². The van der Waals surface area contributed by atoms with E-state index in [4.69, 9.17) is 11.6 Å². The number of pyridine rings is 1. The van der Waals surface area contributed by atoms with Crippen LogP contribution in [-0.4, -0.2) is 10.9 Å². The highest BCUT2D eigenvalue weighted by Crippen LogP contribution is 2.42. The maximum Gasteiger partial charge on any atom is 0.236 e. The number of halogens is 1. The third-order valence-electron chi connectivity index (χ3n) is 4.46.